The molecule has 4 nitrogen and oxygen atoms in total. The molecule has 0 saturated heterocycles. The van der Waals surface area contributed by atoms with Gasteiger partial charge in [-0.3, -0.25) is 4.79 Å². The van der Waals surface area contributed by atoms with Crippen molar-refractivity contribution in [1.82, 2.24) is 4.90 Å². The van der Waals surface area contributed by atoms with Crippen molar-refractivity contribution in [3.05, 3.63) is 29.8 Å². The second-order valence-electron chi connectivity index (χ2n) is 5.41. The minimum absolute atomic E-state index is 0.0244. The van der Waals surface area contributed by atoms with Gasteiger partial charge in [0.15, 0.2) is 0 Å². The van der Waals surface area contributed by atoms with Crippen LogP contribution in [-0.4, -0.2) is 39.2 Å². The zero-order valence-electron chi connectivity index (χ0n) is 11.3. The Kier molecular flexibility index (Phi) is 3.46. The number of carboxylic acids is 1. The summed E-state index contributed by atoms with van der Waals surface area (Å²) in [5, 5.41) is 9.02. The number of rotatable bonds is 4. The van der Waals surface area contributed by atoms with Crippen LogP contribution in [0.1, 0.15) is 25.3 Å². The first-order valence-electron chi connectivity index (χ1n) is 6.87. The molecule has 1 aromatic carbocycles. The van der Waals surface area contributed by atoms with Gasteiger partial charge in [0.25, 0.3) is 0 Å². The van der Waals surface area contributed by atoms with E-state index >= 15 is 0 Å². The van der Waals surface area contributed by atoms with Gasteiger partial charge in [-0.15, -0.1) is 11.8 Å². The van der Waals surface area contributed by atoms with Gasteiger partial charge >= 0.3 is 5.97 Å². The maximum atomic E-state index is 12.7. The predicted molar refractivity (Wildman–Crippen MR) is 76.8 cm³/mol. The van der Waals surface area contributed by atoms with Crippen LogP contribution in [0.15, 0.2) is 29.2 Å². The molecule has 3 rings (SSSR count). The minimum atomic E-state index is -0.925. The van der Waals surface area contributed by atoms with Crippen LogP contribution in [-0.2, 0) is 16.0 Å². The van der Waals surface area contributed by atoms with Crippen LogP contribution in [0.3, 0.4) is 0 Å². The molecule has 1 saturated carbocycles. The van der Waals surface area contributed by atoms with Gasteiger partial charge < -0.3 is 10.0 Å². The van der Waals surface area contributed by atoms with E-state index in [0.717, 1.165) is 17.7 Å². The third kappa shape index (κ3) is 2.42. The lowest BCUT2D eigenvalue weighted by Crippen LogP contribution is -2.48. The van der Waals surface area contributed by atoms with Gasteiger partial charge in [0.2, 0.25) is 5.91 Å². The fourth-order valence-electron chi connectivity index (χ4n) is 2.64. The Hall–Kier alpha value is -1.49. The van der Waals surface area contributed by atoms with E-state index in [1.807, 2.05) is 24.3 Å². The average Bonchev–Trinajstić information content (AvgIpc) is 3.16. The molecule has 1 aliphatic carbocycles. The average molecular weight is 291 g/mol. The molecule has 2 unspecified atom stereocenters. The van der Waals surface area contributed by atoms with Crippen molar-refractivity contribution in [3.8, 4) is 0 Å². The number of hydrogen-bond donors (Lipinski definition) is 1. The Morgan fingerprint density at radius 3 is 2.65 bits per heavy atom. The van der Waals surface area contributed by atoms with E-state index in [9.17, 15) is 14.7 Å². The Balaban J connectivity index is 1.77. The molecule has 1 heterocycles. The fraction of sp³-hybridized carbons (Fsp3) is 0.467. The number of fused-ring (bicyclic) bond motifs is 1. The van der Waals surface area contributed by atoms with E-state index in [1.165, 1.54) is 5.56 Å². The van der Waals surface area contributed by atoms with Crippen LogP contribution >= 0.6 is 11.8 Å². The molecule has 106 valence electrons. The maximum absolute atomic E-state index is 12.7. The highest BCUT2D eigenvalue weighted by Crippen LogP contribution is 2.39. The molecule has 0 bridgehead atoms. The second-order valence-corrected chi connectivity index (χ2v) is 6.65. The van der Waals surface area contributed by atoms with Gasteiger partial charge in [-0.25, -0.2) is 4.79 Å². The summed E-state index contributed by atoms with van der Waals surface area (Å²) >= 11 is 1.56. The standard InChI is InChI=1S/C15H17NO3S/c1-9(15(18)19)16(11-6-7-11)14(17)13-8-10-4-2-3-5-12(10)20-13/h2-5,9,11,13H,6-8H2,1H3,(H,18,19). The largest absolute Gasteiger partial charge is 0.480 e. The number of carbonyl (C=O) groups excluding carboxylic acids is 1. The van der Waals surface area contributed by atoms with Crippen molar-refractivity contribution in [3.63, 3.8) is 0 Å². The predicted octanol–water partition coefficient (Wildman–Crippen LogP) is 2.17. The van der Waals surface area contributed by atoms with Crippen LogP contribution in [0.5, 0.6) is 0 Å². The number of nitrogens with zero attached hydrogens (tertiary/aromatic N) is 1. The molecule has 1 amide bonds. The van der Waals surface area contributed by atoms with Crippen molar-refractivity contribution in [2.45, 2.75) is 48.4 Å². The van der Waals surface area contributed by atoms with Gasteiger partial charge in [-0.1, -0.05) is 18.2 Å². The summed E-state index contributed by atoms with van der Waals surface area (Å²) in [7, 11) is 0. The molecular formula is C15H17NO3S. The SMILES string of the molecule is CC(C(=O)O)N(C(=O)C1Cc2ccccc2S1)C1CC1. The van der Waals surface area contributed by atoms with Gasteiger partial charge in [0.05, 0.1) is 5.25 Å². The number of carboxylic acid groups (broad SMARTS) is 1. The highest BCUT2D eigenvalue weighted by molar-refractivity contribution is 8.01. The molecule has 0 radical (unpaired) electrons. The summed E-state index contributed by atoms with van der Waals surface area (Å²) in [4.78, 5) is 26.6. The molecule has 1 N–H and O–H groups in total. The van der Waals surface area contributed by atoms with E-state index < -0.39 is 12.0 Å². The normalized spacial score (nSPS) is 22.1. The number of benzene rings is 1. The van der Waals surface area contributed by atoms with Crippen LogP contribution in [0.25, 0.3) is 0 Å². The minimum Gasteiger partial charge on any atom is -0.480 e. The van der Waals surface area contributed by atoms with Crippen LogP contribution in [0, 0.1) is 0 Å². The number of hydrogen-bond acceptors (Lipinski definition) is 3. The second kappa shape index (κ2) is 5.13. The van der Waals surface area contributed by atoms with E-state index in [0.29, 0.717) is 6.42 Å². The maximum Gasteiger partial charge on any atom is 0.326 e. The summed E-state index contributed by atoms with van der Waals surface area (Å²) in [6.45, 7) is 1.60. The zero-order valence-corrected chi connectivity index (χ0v) is 12.1. The van der Waals surface area contributed by atoms with E-state index in [2.05, 4.69) is 0 Å². The first-order valence-corrected chi connectivity index (χ1v) is 7.75. The van der Waals surface area contributed by atoms with Crippen molar-refractivity contribution < 1.29 is 14.7 Å². The van der Waals surface area contributed by atoms with E-state index in [4.69, 9.17) is 0 Å². The third-order valence-electron chi connectivity index (χ3n) is 3.89. The molecule has 1 fully saturated rings. The molecule has 1 aromatic rings. The summed E-state index contributed by atoms with van der Waals surface area (Å²) in [6, 6.07) is 7.40. The third-order valence-corrected chi connectivity index (χ3v) is 5.20. The van der Waals surface area contributed by atoms with Crippen molar-refractivity contribution in [1.29, 1.82) is 0 Å². The van der Waals surface area contributed by atoms with Gasteiger partial charge in [-0.05, 0) is 37.8 Å². The van der Waals surface area contributed by atoms with Gasteiger partial charge in [0, 0.05) is 10.9 Å². The quantitative estimate of drug-likeness (QED) is 0.923. The van der Waals surface area contributed by atoms with Crippen LogP contribution < -0.4 is 0 Å². The smallest absolute Gasteiger partial charge is 0.326 e. The Morgan fingerprint density at radius 1 is 1.35 bits per heavy atom. The lowest BCUT2D eigenvalue weighted by Gasteiger charge is -2.28. The molecule has 2 atom stereocenters. The first-order chi connectivity index (χ1) is 9.58. The Labute approximate surface area is 122 Å². The topological polar surface area (TPSA) is 57.6 Å². The van der Waals surface area contributed by atoms with Crippen molar-refractivity contribution in [2.75, 3.05) is 0 Å². The van der Waals surface area contributed by atoms with Crippen LogP contribution in [0.2, 0.25) is 0 Å². The summed E-state index contributed by atoms with van der Waals surface area (Å²) in [5.41, 5.74) is 1.19. The molecule has 2 aliphatic rings. The summed E-state index contributed by atoms with van der Waals surface area (Å²) < 4.78 is 0. The molecule has 1 aliphatic heterocycles. The fourth-order valence-corrected chi connectivity index (χ4v) is 3.90. The lowest BCUT2D eigenvalue weighted by molar-refractivity contribution is -0.149. The lowest BCUT2D eigenvalue weighted by atomic mass is 10.1. The highest BCUT2D eigenvalue weighted by Gasteiger charge is 2.42. The molecule has 5 heteroatoms. The number of aliphatic carboxylic acids is 1. The molecule has 20 heavy (non-hydrogen) atoms. The number of carbonyl (C=O) groups is 2. The first kappa shape index (κ1) is 13.5. The van der Waals surface area contributed by atoms with Crippen molar-refractivity contribution >= 4 is 23.6 Å². The van der Waals surface area contributed by atoms with Crippen LogP contribution in [0.4, 0.5) is 0 Å². The van der Waals surface area contributed by atoms with Gasteiger partial charge in [0.1, 0.15) is 6.04 Å². The summed E-state index contributed by atoms with van der Waals surface area (Å²) in [6.07, 6.45) is 2.55. The number of thioether (sulfide) groups is 1. The highest BCUT2D eigenvalue weighted by atomic mass is 32.2. The van der Waals surface area contributed by atoms with E-state index in [-0.39, 0.29) is 17.2 Å². The zero-order chi connectivity index (χ0) is 14.3. The van der Waals surface area contributed by atoms with E-state index in [1.54, 1.807) is 23.6 Å². The monoisotopic (exact) mass is 291 g/mol. The number of amides is 1. The Morgan fingerprint density at radius 2 is 2.05 bits per heavy atom. The summed E-state index contributed by atoms with van der Waals surface area (Å²) in [5.74, 6) is -0.950. The Bertz CT molecular complexity index is 531. The molecule has 0 spiro atoms. The molecule has 0 aromatic heterocycles. The molecular weight excluding hydrogens is 274 g/mol. The van der Waals surface area contributed by atoms with Crippen molar-refractivity contribution in [2.24, 2.45) is 0 Å². The van der Waals surface area contributed by atoms with Gasteiger partial charge in [-0.2, -0.15) is 0 Å².